The van der Waals surface area contributed by atoms with Gasteiger partial charge in [-0.05, 0) is 56.8 Å². The van der Waals surface area contributed by atoms with Gasteiger partial charge in [-0.3, -0.25) is 10.2 Å². The van der Waals surface area contributed by atoms with Crippen LogP contribution in [0.15, 0.2) is 12.1 Å². The molecule has 0 unspecified atom stereocenters. The Bertz CT molecular complexity index is 619. The summed E-state index contributed by atoms with van der Waals surface area (Å²) in [7, 11) is 0. The van der Waals surface area contributed by atoms with Crippen molar-refractivity contribution in [2.45, 2.75) is 50.9 Å². The first-order valence-electron chi connectivity index (χ1n) is 9.79. The molecule has 1 saturated heterocycles. The van der Waals surface area contributed by atoms with Gasteiger partial charge in [0.1, 0.15) is 17.5 Å². The van der Waals surface area contributed by atoms with Crippen LogP contribution in [-0.2, 0) is 9.53 Å². The van der Waals surface area contributed by atoms with Crippen molar-refractivity contribution in [2.75, 3.05) is 19.8 Å². The van der Waals surface area contributed by atoms with Crippen LogP contribution >= 0.6 is 0 Å². The van der Waals surface area contributed by atoms with Gasteiger partial charge in [0, 0.05) is 43.4 Å². The van der Waals surface area contributed by atoms with Gasteiger partial charge in [-0.2, -0.15) is 0 Å². The van der Waals surface area contributed by atoms with Crippen molar-refractivity contribution in [2.24, 2.45) is 11.8 Å². The Balaban J connectivity index is 1.37. The predicted molar refractivity (Wildman–Crippen MR) is 95.3 cm³/mol. The summed E-state index contributed by atoms with van der Waals surface area (Å²) in [6, 6.07) is 1.52. The van der Waals surface area contributed by atoms with E-state index in [4.69, 9.17) is 4.74 Å². The van der Waals surface area contributed by atoms with E-state index in [1.807, 2.05) is 0 Å². The number of amides is 1. The number of hydrazine groups is 1. The monoisotopic (exact) mass is 384 g/mol. The summed E-state index contributed by atoms with van der Waals surface area (Å²) in [5.41, 5.74) is 5.79. The largest absolute Gasteiger partial charge is 0.381 e. The SMILES string of the molecule is O=C(NNCCC1CCC(c2c(F)cc(F)cc2F)CC1)C1CCOCC1. The van der Waals surface area contributed by atoms with Crippen molar-refractivity contribution in [3.05, 3.63) is 35.1 Å². The molecule has 1 aliphatic carbocycles. The molecule has 27 heavy (non-hydrogen) atoms. The van der Waals surface area contributed by atoms with Crippen LogP contribution in [0.4, 0.5) is 13.2 Å². The third kappa shape index (κ3) is 5.45. The molecule has 1 heterocycles. The molecule has 0 spiro atoms. The van der Waals surface area contributed by atoms with Crippen molar-refractivity contribution in [3.63, 3.8) is 0 Å². The van der Waals surface area contributed by atoms with Crippen LogP contribution in [0.2, 0.25) is 0 Å². The molecule has 1 aromatic carbocycles. The average Bonchev–Trinajstić information content (AvgIpc) is 2.66. The topological polar surface area (TPSA) is 50.4 Å². The molecule has 150 valence electrons. The molecule has 2 aliphatic rings. The fraction of sp³-hybridized carbons (Fsp3) is 0.650. The van der Waals surface area contributed by atoms with Gasteiger partial charge in [0.2, 0.25) is 5.91 Å². The first-order chi connectivity index (χ1) is 13.0. The van der Waals surface area contributed by atoms with Crippen molar-refractivity contribution in [1.29, 1.82) is 0 Å². The number of nitrogens with one attached hydrogen (secondary N) is 2. The van der Waals surface area contributed by atoms with E-state index in [-0.39, 0.29) is 23.3 Å². The summed E-state index contributed by atoms with van der Waals surface area (Å²) in [5.74, 6) is -2.15. The fourth-order valence-corrected chi connectivity index (χ4v) is 4.17. The maximum atomic E-state index is 13.9. The number of carbonyl (C=O) groups excluding carboxylic acids is 1. The smallest absolute Gasteiger partial charge is 0.237 e. The first kappa shape index (κ1) is 20.1. The summed E-state index contributed by atoms with van der Waals surface area (Å²) in [5, 5.41) is 0. The maximum absolute atomic E-state index is 13.9. The summed E-state index contributed by atoms with van der Waals surface area (Å²) >= 11 is 0. The number of halogens is 3. The lowest BCUT2D eigenvalue weighted by atomic mass is 9.77. The molecule has 2 N–H and O–H groups in total. The molecule has 0 atom stereocenters. The minimum atomic E-state index is -0.878. The van der Waals surface area contributed by atoms with E-state index in [2.05, 4.69) is 10.9 Å². The molecule has 4 nitrogen and oxygen atoms in total. The predicted octanol–water partition coefficient (Wildman–Crippen LogP) is 3.82. The minimum Gasteiger partial charge on any atom is -0.381 e. The molecule has 1 saturated carbocycles. The van der Waals surface area contributed by atoms with Gasteiger partial charge in [0.05, 0.1) is 0 Å². The van der Waals surface area contributed by atoms with E-state index in [9.17, 15) is 18.0 Å². The van der Waals surface area contributed by atoms with Crippen LogP contribution in [0.5, 0.6) is 0 Å². The van der Waals surface area contributed by atoms with Crippen molar-refractivity contribution in [3.8, 4) is 0 Å². The van der Waals surface area contributed by atoms with Gasteiger partial charge in [0.25, 0.3) is 0 Å². The maximum Gasteiger partial charge on any atom is 0.237 e. The van der Waals surface area contributed by atoms with Crippen LogP contribution in [0.1, 0.15) is 56.4 Å². The summed E-state index contributed by atoms with van der Waals surface area (Å²) in [4.78, 5) is 12.0. The zero-order valence-corrected chi connectivity index (χ0v) is 15.4. The quantitative estimate of drug-likeness (QED) is 0.579. The second-order valence-corrected chi connectivity index (χ2v) is 7.59. The molecule has 3 rings (SSSR count). The highest BCUT2D eigenvalue weighted by atomic mass is 19.1. The number of ether oxygens (including phenoxy) is 1. The molecule has 1 aromatic rings. The molecule has 2 fully saturated rings. The van der Waals surface area contributed by atoms with E-state index >= 15 is 0 Å². The minimum absolute atomic E-state index is 0.0159. The van der Waals surface area contributed by atoms with Crippen LogP contribution < -0.4 is 10.9 Å². The zero-order valence-electron chi connectivity index (χ0n) is 15.4. The number of hydrogen-bond donors (Lipinski definition) is 2. The number of benzene rings is 1. The number of hydrogen-bond acceptors (Lipinski definition) is 3. The Kier molecular flexibility index (Phi) is 7.13. The molecule has 1 amide bonds. The van der Waals surface area contributed by atoms with Gasteiger partial charge in [-0.1, -0.05) is 0 Å². The van der Waals surface area contributed by atoms with Crippen LogP contribution in [0.3, 0.4) is 0 Å². The lowest BCUT2D eigenvalue weighted by Crippen LogP contribution is -2.43. The third-order valence-electron chi connectivity index (χ3n) is 5.78. The highest BCUT2D eigenvalue weighted by Crippen LogP contribution is 2.39. The molecular weight excluding hydrogens is 357 g/mol. The van der Waals surface area contributed by atoms with Gasteiger partial charge in [-0.25, -0.2) is 18.6 Å². The van der Waals surface area contributed by atoms with Crippen LogP contribution in [-0.4, -0.2) is 25.7 Å². The Labute approximate surface area is 157 Å². The van der Waals surface area contributed by atoms with E-state index < -0.39 is 17.5 Å². The summed E-state index contributed by atoms with van der Waals surface area (Å²) < 4.78 is 46.2. The van der Waals surface area contributed by atoms with Crippen LogP contribution in [0, 0.1) is 29.3 Å². The van der Waals surface area contributed by atoms with Crippen LogP contribution in [0.25, 0.3) is 0 Å². The number of carbonyl (C=O) groups is 1. The van der Waals surface area contributed by atoms with Crippen molar-refractivity contribution in [1.82, 2.24) is 10.9 Å². The van der Waals surface area contributed by atoms with Crippen molar-refractivity contribution < 1.29 is 22.7 Å². The normalized spacial score (nSPS) is 24.0. The highest BCUT2D eigenvalue weighted by Gasteiger charge is 2.27. The Morgan fingerprint density at radius 1 is 1.00 bits per heavy atom. The van der Waals surface area contributed by atoms with E-state index in [0.29, 0.717) is 38.5 Å². The summed E-state index contributed by atoms with van der Waals surface area (Å²) in [6.45, 7) is 1.94. The zero-order chi connectivity index (χ0) is 19.2. The number of rotatable bonds is 6. The van der Waals surface area contributed by atoms with Crippen molar-refractivity contribution >= 4 is 5.91 Å². The van der Waals surface area contributed by atoms with Gasteiger partial charge >= 0.3 is 0 Å². The molecule has 0 radical (unpaired) electrons. The second-order valence-electron chi connectivity index (χ2n) is 7.59. The van der Waals surface area contributed by atoms with Gasteiger partial charge in [-0.15, -0.1) is 0 Å². The lowest BCUT2D eigenvalue weighted by Gasteiger charge is -2.29. The van der Waals surface area contributed by atoms with Gasteiger partial charge < -0.3 is 4.74 Å². The molecule has 0 aromatic heterocycles. The average molecular weight is 384 g/mol. The van der Waals surface area contributed by atoms with E-state index in [1.165, 1.54) is 0 Å². The Morgan fingerprint density at radius 2 is 1.63 bits per heavy atom. The Hall–Kier alpha value is -1.60. The highest BCUT2D eigenvalue weighted by molar-refractivity contribution is 5.78. The standard InChI is InChI=1S/C20H27F3N2O2/c21-16-11-17(22)19(18(23)12-16)14-3-1-13(2-4-14)5-8-24-25-20(26)15-6-9-27-10-7-15/h11-15,24H,1-10H2,(H,25,26). The molecular formula is C20H27F3N2O2. The fourth-order valence-electron chi connectivity index (χ4n) is 4.17. The molecule has 0 bridgehead atoms. The lowest BCUT2D eigenvalue weighted by molar-refractivity contribution is -0.128. The molecule has 7 heteroatoms. The molecule has 1 aliphatic heterocycles. The van der Waals surface area contributed by atoms with E-state index in [1.54, 1.807) is 0 Å². The second kappa shape index (κ2) is 9.55. The Morgan fingerprint density at radius 3 is 2.26 bits per heavy atom. The van der Waals surface area contributed by atoms with Gasteiger partial charge in [0.15, 0.2) is 0 Å². The first-order valence-corrected chi connectivity index (χ1v) is 9.79. The van der Waals surface area contributed by atoms with E-state index in [0.717, 1.165) is 44.2 Å². The third-order valence-corrected chi connectivity index (χ3v) is 5.78. The summed E-state index contributed by atoms with van der Waals surface area (Å²) in [6.07, 6.45) is 5.54.